The first-order valence-corrected chi connectivity index (χ1v) is 8.55. The first-order valence-electron chi connectivity index (χ1n) is 8.55. The third-order valence-electron chi connectivity index (χ3n) is 4.56. The van der Waals surface area contributed by atoms with E-state index in [0.717, 1.165) is 27.8 Å². The molecule has 2 aromatic carbocycles. The van der Waals surface area contributed by atoms with Gasteiger partial charge in [-0.1, -0.05) is 24.3 Å². The van der Waals surface area contributed by atoms with Crippen molar-refractivity contribution in [2.24, 2.45) is 0 Å². The lowest BCUT2D eigenvalue weighted by Crippen LogP contribution is -2.26. The Bertz CT molecular complexity index is 1010. The van der Waals surface area contributed by atoms with E-state index in [1.807, 2.05) is 61.3 Å². The highest BCUT2D eigenvalue weighted by Gasteiger charge is 2.12. The summed E-state index contributed by atoms with van der Waals surface area (Å²) in [5.41, 5.74) is 4.05. The number of aryl methyl sites for hydroxylation is 1. The number of nitrogens with zero attached hydrogens (tertiary/aromatic N) is 1. The minimum atomic E-state index is -0.374. The second kappa shape index (κ2) is 7.44. The molecule has 1 amide bonds. The van der Waals surface area contributed by atoms with Gasteiger partial charge in [0.25, 0.3) is 0 Å². The molecule has 3 aromatic rings. The van der Waals surface area contributed by atoms with Crippen LogP contribution in [-0.4, -0.2) is 26.5 Å². The maximum atomic E-state index is 12.1. The van der Waals surface area contributed by atoms with E-state index < -0.39 is 0 Å². The molecule has 5 heteroatoms. The van der Waals surface area contributed by atoms with Crippen LogP contribution in [0.5, 0.6) is 0 Å². The molecule has 0 spiro atoms. The number of hydrogen-bond acceptors (Lipinski definition) is 4. The lowest BCUT2D eigenvalue weighted by molar-refractivity contribution is -0.120. The summed E-state index contributed by atoms with van der Waals surface area (Å²) >= 11 is 0. The van der Waals surface area contributed by atoms with Gasteiger partial charge in [-0.05, 0) is 30.2 Å². The van der Waals surface area contributed by atoms with Crippen LogP contribution in [0, 0.1) is 6.92 Å². The molecule has 3 rings (SSSR count). The molecule has 0 atom stereocenters. The highest BCUT2D eigenvalue weighted by molar-refractivity contribution is 5.95. The van der Waals surface area contributed by atoms with Crippen LogP contribution in [0.15, 0.2) is 57.7 Å². The molecule has 0 radical (unpaired) electrons. The van der Waals surface area contributed by atoms with Crippen molar-refractivity contribution in [2.45, 2.75) is 13.3 Å². The SMILES string of the molecule is CNC(=O)CCN(C)c1ccc2c(-c3ccccc3C)cc(=O)oc2c1. The van der Waals surface area contributed by atoms with E-state index >= 15 is 0 Å². The molecule has 0 fully saturated rings. The monoisotopic (exact) mass is 350 g/mol. The molecule has 1 aromatic heterocycles. The Hall–Kier alpha value is -3.08. The van der Waals surface area contributed by atoms with Gasteiger partial charge in [0.1, 0.15) is 5.58 Å². The Balaban J connectivity index is 2.02. The summed E-state index contributed by atoms with van der Waals surface area (Å²) in [6.07, 6.45) is 0.401. The normalized spacial score (nSPS) is 10.7. The molecule has 0 aliphatic heterocycles. The van der Waals surface area contributed by atoms with E-state index in [2.05, 4.69) is 5.32 Å². The van der Waals surface area contributed by atoms with Gasteiger partial charge < -0.3 is 14.6 Å². The molecular formula is C21H22N2O3. The molecule has 1 heterocycles. The van der Waals surface area contributed by atoms with Crippen molar-refractivity contribution in [3.05, 3.63) is 64.5 Å². The molecule has 0 bridgehead atoms. The summed E-state index contributed by atoms with van der Waals surface area (Å²) in [7, 11) is 3.54. The van der Waals surface area contributed by atoms with Crippen LogP contribution in [0.2, 0.25) is 0 Å². The maximum absolute atomic E-state index is 12.1. The van der Waals surface area contributed by atoms with Gasteiger partial charge in [0, 0.05) is 55.8 Å². The number of rotatable bonds is 5. The van der Waals surface area contributed by atoms with Crippen molar-refractivity contribution in [1.29, 1.82) is 0 Å². The first kappa shape index (κ1) is 17.7. The number of fused-ring (bicyclic) bond motifs is 1. The van der Waals surface area contributed by atoms with E-state index in [-0.39, 0.29) is 11.5 Å². The molecular weight excluding hydrogens is 328 g/mol. The molecule has 0 aliphatic rings. The van der Waals surface area contributed by atoms with Crippen molar-refractivity contribution in [3.63, 3.8) is 0 Å². The predicted molar refractivity (Wildman–Crippen MR) is 105 cm³/mol. The van der Waals surface area contributed by atoms with E-state index in [1.165, 1.54) is 0 Å². The Morgan fingerprint density at radius 2 is 1.88 bits per heavy atom. The summed E-state index contributed by atoms with van der Waals surface area (Å²) in [6, 6.07) is 15.3. The minimum Gasteiger partial charge on any atom is -0.423 e. The van der Waals surface area contributed by atoms with Crippen LogP contribution >= 0.6 is 0 Å². The van der Waals surface area contributed by atoms with Gasteiger partial charge in [0.2, 0.25) is 5.91 Å². The smallest absolute Gasteiger partial charge is 0.336 e. The van der Waals surface area contributed by atoms with Crippen LogP contribution in [-0.2, 0) is 4.79 Å². The highest BCUT2D eigenvalue weighted by atomic mass is 16.4. The molecule has 5 nitrogen and oxygen atoms in total. The van der Waals surface area contributed by atoms with E-state index in [9.17, 15) is 9.59 Å². The summed E-state index contributed by atoms with van der Waals surface area (Å²) in [4.78, 5) is 25.5. The fraction of sp³-hybridized carbons (Fsp3) is 0.238. The number of anilines is 1. The summed E-state index contributed by atoms with van der Waals surface area (Å²) in [6.45, 7) is 2.60. The predicted octanol–water partition coefficient (Wildman–Crippen LogP) is 3.34. The maximum Gasteiger partial charge on any atom is 0.336 e. The average molecular weight is 350 g/mol. The lowest BCUT2D eigenvalue weighted by Gasteiger charge is -2.19. The largest absolute Gasteiger partial charge is 0.423 e. The van der Waals surface area contributed by atoms with Gasteiger partial charge in [-0.25, -0.2) is 4.79 Å². The molecule has 0 aliphatic carbocycles. The van der Waals surface area contributed by atoms with Gasteiger partial charge in [-0.15, -0.1) is 0 Å². The third-order valence-corrected chi connectivity index (χ3v) is 4.56. The Morgan fingerprint density at radius 3 is 2.62 bits per heavy atom. The molecule has 26 heavy (non-hydrogen) atoms. The molecule has 1 N–H and O–H groups in total. The summed E-state index contributed by atoms with van der Waals surface area (Å²) in [5.74, 6) is -0.00832. The van der Waals surface area contributed by atoms with Gasteiger partial charge in [-0.3, -0.25) is 4.79 Å². The van der Waals surface area contributed by atoms with Gasteiger partial charge in [0.15, 0.2) is 0 Å². The topological polar surface area (TPSA) is 62.6 Å². The number of amides is 1. The first-order chi connectivity index (χ1) is 12.5. The molecule has 134 valence electrons. The number of carbonyl (C=O) groups excluding carboxylic acids is 1. The Morgan fingerprint density at radius 1 is 1.12 bits per heavy atom. The zero-order valence-corrected chi connectivity index (χ0v) is 15.2. The van der Waals surface area contributed by atoms with Crippen molar-refractivity contribution in [2.75, 3.05) is 25.5 Å². The number of hydrogen-bond donors (Lipinski definition) is 1. The van der Waals surface area contributed by atoms with Gasteiger partial charge >= 0.3 is 5.63 Å². The van der Waals surface area contributed by atoms with Crippen molar-refractivity contribution in [1.82, 2.24) is 5.32 Å². The zero-order chi connectivity index (χ0) is 18.7. The van der Waals surface area contributed by atoms with Crippen molar-refractivity contribution >= 4 is 22.6 Å². The number of benzene rings is 2. The summed E-state index contributed by atoms with van der Waals surface area (Å²) in [5, 5.41) is 3.51. The van der Waals surface area contributed by atoms with E-state index in [1.54, 1.807) is 13.1 Å². The molecule has 0 saturated heterocycles. The fourth-order valence-electron chi connectivity index (χ4n) is 3.01. The second-order valence-electron chi connectivity index (χ2n) is 6.32. The molecule has 0 unspecified atom stereocenters. The lowest BCUT2D eigenvalue weighted by atomic mass is 9.98. The zero-order valence-electron chi connectivity index (χ0n) is 15.2. The van der Waals surface area contributed by atoms with Crippen LogP contribution in [0.3, 0.4) is 0 Å². The van der Waals surface area contributed by atoms with E-state index in [4.69, 9.17) is 4.42 Å². The third kappa shape index (κ3) is 3.61. The Labute approximate surface area is 152 Å². The van der Waals surface area contributed by atoms with Crippen LogP contribution in [0.4, 0.5) is 5.69 Å². The quantitative estimate of drug-likeness (QED) is 0.717. The highest BCUT2D eigenvalue weighted by Crippen LogP contribution is 2.31. The van der Waals surface area contributed by atoms with Gasteiger partial charge in [0.05, 0.1) is 0 Å². The standard InChI is InChI=1S/C21H22N2O3/c1-14-6-4-5-7-16(14)18-13-21(25)26-19-12-15(8-9-17(18)19)23(3)11-10-20(24)22-2/h4-9,12-13H,10-11H2,1-3H3,(H,22,24). The fourth-order valence-corrected chi connectivity index (χ4v) is 3.01. The summed E-state index contributed by atoms with van der Waals surface area (Å²) < 4.78 is 5.44. The minimum absolute atomic E-state index is 0.00832. The Kier molecular flexibility index (Phi) is 5.07. The molecule has 0 saturated carbocycles. The van der Waals surface area contributed by atoms with Gasteiger partial charge in [-0.2, -0.15) is 0 Å². The van der Waals surface area contributed by atoms with Crippen LogP contribution < -0.4 is 15.8 Å². The van der Waals surface area contributed by atoms with Crippen LogP contribution in [0.25, 0.3) is 22.1 Å². The van der Waals surface area contributed by atoms with E-state index in [0.29, 0.717) is 18.5 Å². The number of carbonyl (C=O) groups is 1. The average Bonchev–Trinajstić information content (AvgIpc) is 2.65. The van der Waals surface area contributed by atoms with Crippen molar-refractivity contribution < 1.29 is 9.21 Å². The van der Waals surface area contributed by atoms with Crippen molar-refractivity contribution in [3.8, 4) is 11.1 Å². The second-order valence-corrected chi connectivity index (χ2v) is 6.32. The van der Waals surface area contributed by atoms with Crippen LogP contribution in [0.1, 0.15) is 12.0 Å². The number of nitrogens with one attached hydrogen (secondary N) is 1.